The van der Waals surface area contributed by atoms with Crippen molar-refractivity contribution in [3.05, 3.63) is 12.2 Å². The maximum absolute atomic E-state index is 13.3. The number of fused-ring (bicyclic) bond motifs is 5. The van der Waals surface area contributed by atoms with E-state index in [0.717, 1.165) is 0 Å². The summed E-state index contributed by atoms with van der Waals surface area (Å²) in [6, 6.07) is 0. The number of aliphatic hydroxyl groups is 15. The number of carbonyl (C=O) groups is 1. The first-order chi connectivity index (χ1) is 35.9. The van der Waals surface area contributed by atoms with Gasteiger partial charge in [-0.25, -0.2) is 0 Å². The van der Waals surface area contributed by atoms with E-state index in [4.69, 9.17) is 37.9 Å². The molecule has 0 aromatic carbocycles. The fourth-order valence-electron chi connectivity index (χ4n) is 16.1. The van der Waals surface area contributed by atoms with Gasteiger partial charge >= 0.3 is 0 Å². The van der Waals surface area contributed by atoms with Gasteiger partial charge in [-0.05, 0) is 110 Å². The molecular weight excluding hydrogens is 1020 g/mol. The van der Waals surface area contributed by atoms with Gasteiger partial charge in [0, 0.05) is 6.42 Å². The van der Waals surface area contributed by atoms with Gasteiger partial charge in [-0.15, -0.1) is 0 Å². The van der Waals surface area contributed by atoms with E-state index in [1.807, 2.05) is 13.8 Å². The topological polar surface area (TPSA) is 394 Å². The van der Waals surface area contributed by atoms with Gasteiger partial charge in [0.05, 0.1) is 50.3 Å². The van der Waals surface area contributed by atoms with Crippen molar-refractivity contribution in [3.8, 4) is 0 Å². The van der Waals surface area contributed by atoms with Crippen LogP contribution in [-0.4, -0.2) is 249 Å². The lowest BCUT2D eigenvalue weighted by molar-refractivity contribution is -0.383. The Morgan fingerprint density at radius 3 is 1.81 bits per heavy atom. The van der Waals surface area contributed by atoms with Crippen molar-refractivity contribution in [1.82, 2.24) is 0 Å². The fraction of sp³-hybridized carbons (Fsp3) is 0.943. The molecule has 4 aliphatic carbocycles. The Morgan fingerprint density at radius 2 is 1.18 bits per heavy atom. The largest absolute Gasteiger partial charge is 0.394 e. The molecule has 8 aliphatic rings. The highest BCUT2D eigenvalue weighted by atomic mass is 16.8. The zero-order valence-electron chi connectivity index (χ0n) is 45.1. The van der Waals surface area contributed by atoms with Crippen molar-refractivity contribution in [2.24, 2.45) is 45.3 Å². The number of carbonyl (C=O) groups excluding carboxylic acids is 1. The Bertz CT molecular complexity index is 2050. The highest BCUT2D eigenvalue weighted by molar-refractivity contribution is 5.94. The number of allylic oxidation sites excluding steroid dienone is 1. The Morgan fingerprint density at radius 1 is 0.623 bits per heavy atom. The molecule has 24 nitrogen and oxygen atoms in total. The van der Waals surface area contributed by atoms with Crippen molar-refractivity contribution >= 4 is 5.78 Å². The predicted octanol–water partition coefficient (Wildman–Crippen LogP) is -3.41. The van der Waals surface area contributed by atoms with Crippen LogP contribution in [0.2, 0.25) is 0 Å². The molecular formula is C53H88O24. The number of Topliss-reactive ketones (excluding diaryl/α,β-unsaturated/α-hetero) is 1. The third-order valence-corrected chi connectivity index (χ3v) is 20.6. The molecule has 0 aromatic heterocycles. The minimum absolute atomic E-state index is 0.0178. The molecule has 444 valence electrons. The van der Waals surface area contributed by atoms with Crippen LogP contribution in [0, 0.1) is 45.3 Å². The fourth-order valence-corrected chi connectivity index (χ4v) is 16.1. The van der Waals surface area contributed by atoms with E-state index in [2.05, 4.69) is 27.4 Å². The molecule has 3 unspecified atom stereocenters. The summed E-state index contributed by atoms with van der Waals surface area (Å²) in [5.74, 6) is -1.50. The normalized spacial score (nSPS) is 52.6. The second kappa shape index (κ2) is 22.9. The molecule has 0 bridgehead atoms. The van der Waals surface area contributed by atoms with E-state index in [1.165, 1.54) is 0 Å². The SMILES string of the molecule is C=C(C)C(=O)CC[C@](C)(O[C@@H]1O[C@H](CO[C@@H]2OC[C@@H](O)[C@H](O)[C@H]2O)[C@@H](O)[C@H](O)[C@H]1O)[C@H]1CC[C@]2(C)C1[C@H](O)CC1[C@@]3(C)C[C@@H](O)[C@H](O[C@@H]4O[C@H](CO)[C@@H](O)[C@H](O)[C@H]4O[C@@H]4O[C@H](CO)[C@@H](O)[C@H](O)[C@H]4O)C(C)(C)C3CC[C@]12C. The summed E-state index contributed by atoms with van der Waals surface area (Å²) in [4.78, 5) is 13.3. The smallest absolute Gasteiger partial charge is 0.187 e. The number of rotatable bonds is 16. The molecule has 15 N–H and O–H groups in total. The average Bonchev–Trinajstić information content (AvgIpc) is 3.80. The molecule has 24 heteroatoms. The van der Waals surface area contributed by atoms with E-state index in [9.17, 15) is 81.4 Å². The number of ketones is 1. The summed E-state index contributed by atoms with van der Waals surface area (Å²) in [5, 5.41) is 164. The summed E-state index contributed by atoms with van der Waals surface area (Å²) >= 11 is 0. The Balaban J connectivity index is 1.03. The molecule has 4 saturated heterocycles. The minimum atomic E-state index is -1.88. The molecule has 30 atom stereocenters. The summed E-state index contributed by atoms with van der Waals surface area (Å²) in [6.45, 7) is 15.3. The highest BCUT2D eigenvalue weighted by Gasteiger charge is 2.73. The summed E-state index contributed by atoms with van der Waals surface area (Å²) < 4.78 is 48.2. The monoisotopic (exact) mass is 1110 g/mol. The van der Waals surface area contributed by atoms with Crippen molar-refractivity contribution < 1.29 is 119 Å². The lowest BCUT2D eigenvalue weighted by Gasteiger charge is -2.71. The van der Waals surface area contributed by atoms with E-state index in [1.54, 1.807) is 13.8 Å². The van der Waals surface area contributed by atoms with Crippen LogP contribution in [0.25, 0.3) is 0 Å². The van der Waals surface area contributed by atoms with Crippen LogP contribution < -0.4 is 0 Å². The van der Waals surface area contributed by atoms with Crippen LogP contribution in [0.5, 0.6) is 0 Å². The van der Waals surface area contributed by atoms with Crippen LogP contribution in [0.3, 0.4) is 0 Å². The molecule has 0 radical (unpaired) electrons. The summed E-state index contributed by atoms with van der Waals surface area (Å²) in [5.41, 5.74) is -3.57. The molecule has 8 rings (SSSR count). The molecule has 4 heterocycles. The van der Waals surface area contributed by atoms with Crippen LogP contribution in [0.1, 0.15) is 99.8 Å². The molecule has 4 aliphatic heterocycles. The summed E-state index contributed by atoms with van der Waals surface area (Å²) in [7, 11) is 0. The molecule has 0 spiro atoms. The number of ether oxygens (including phenoxy) is 8. The first-order valence-electron chi connectivity index (χ1n) is 27.4. The van der Waals surface area contributed by atoms with E-state index in [-0.39, 0.29) is 43.5 Å². The third-order valence-electron chi connectivity index (χ3n) is 20.6. The van der Waals surface area contributed by atoms with Crippen molar-refractivity contribution in [1.29, 1.82) is 0 Å². The number of hydrogen-bond acceptors (Lipinski definition) is 24. The molecule has 8 fully saturated rings. The lowest BCUT2D eigenvalue weighted by Crippen LogP contribution is -2.70. The van der Waals surface area contributed by atoms with E-state index < -0.39 is 194 Å². The van der Waals surface area contributed by atoms with Gasteiger partial charge in [0.25, 0.3) is 0 Å². The Hall–Kier alpha value is -1.51. The van der Waals surface area contributed by atoms with Crippen LogP contribution in [0.4, 0.5) is 0 Å². The third kappa shape index (κ3) is 10.7. The predicted molar refractivity (Wildman–Crippen MR) is 262 cm³/mol. The number of aliphatic hydroxyl groups excluding tert-OH is 15. The molecule has 77 heavy (non-hydrogen) atoms. The summed E-state index contributed by atoms with van der Waals surface area (Å²) in [6.07, 6.45) is -31.2. The lowest BCUT2D eigenvalue weighted by atomic mass is 9.35. The van der Waals surface area contributed by atoms with Gasteiger partial charge < -0.3 is 114 Å². The van der Waals surface area contributed by atoms with Crippen molar-refractivity contribution in [3.63, 3.8) is 0 Å². The molecule has 0 aromatic rings. The standard InChI is InChI=1S/C53H88O24/c1-21(2)23(56)10-14-53(8,77-47-42(69)38(65)36(63)29(74-47)20-71-45-40(67)33(60)26(59)19-70-45)22-9-12-52(7)32(22)24(57)15-31-50(5)16-25(58)44(49(3,4)30(50)11-13-51(31,52)6)76-48-43(39(66)35(62)28(18-55)73-48)75-46-41(68)37(64)34(61)27(17-54)72-46/h22,24-48,54-55,57-69H,1,9-20H2,2-8H3/t22-,24+,25+,26+,27+,28+,29+,30?,31?,32?,33-,34+,35+,36+,37-,38-,39-,40+,41+,42+,43+,44-,45-,46-,47-,48-,50-,51+,52+,53-/m0/s1. The second-order valence-corrected chi connectivity index (χ2v) is 25.3. The van der Waals surface area contributed by atoms with Crippen LogP contribution >= 0.6 is 0 Å². The first-order valence-corrected chi connectivity index (χ1v) is 27.4. The quantitative estimate of drug-likeness (QED) is 0.0529. The number of hydrogen-bond donors (Lipinski definition) is 15. The molecule has 0 amide bonds. The Kier molecular flexibility index (Phi) is 18.3. The maximum atomic E-state index is 13.3. The maximum Gasteiger partial charge on any atom is 0.187 e. The van der Waals surface area contributed by atoms with Crippen molar-refractivity contribution in [2.45, 2.75) is 240 Å². The highest BCUT2D eigenvalue weighted by Crippen LogP contribution is 2.76. The van der Waals surface area contributed by atoms with Crippen LogP contribution in [0.15, 0.2) is 12.2 Å². The Labute approximate surface area is 448 Å². The average molecular weight is 1110 g/mol. The van der Waals surface area contributed by atoms with Gasteiger partial charge in [0.15, 0.2) is 30.9 Å². The van der Waals surface area contributed by atoms with Crippen molar-refractivity contribution in [2.75, 3.05) is 26.4 Å². The minimum Gasteiger partial charge on any atom is -0.394 e. The van der Waals surface area contributed by atoms with Crippen LogP contribution in [-0.2, 0) is 42.7 Å². The molecule has 4 saturated carbocycles. The van der Waals surface area contributed by atoms with Gasteiger partial charge in [-0.3, -0.25) is 4.79 Å². The zero-order chi connectivity index (χ0) is 56.8. The van der Waals surface area contributed by atoms with Gasteiger partial charge in [-0.2, -0.15) is 0 Å². The van der Waals surface area contributed by atoms with Gasteiger partial charge in [0.1, 0.15) is 91.6 Å². The zero-order valence-corrected chi connectivity index (χ0v) is 45.1. The van der Waals surface area contributed by atoms with Gasteiger partial charge in [0.2, 0.25) is 0 Å². The van der Waals surface area contributed by atoms with E-state index in [0.29, 0.717) is 37.7 Å². The van der Waals surface area contributed by atoms with Gasteiger partial charge in [-0.1, -0.05) is 41.2 Å². The van der Waals surface area contributed by atoms with E-state index >= 15 is 0 Å². The second-order valence-electron chi connectivity index (χ2n) is 25.3. The first kappa shape index (κ1) is 61.6.